The van der Waals surface area contributed by atoms with Gasteiger partial charge < -0.3 is 9.64 Å². The molecule has 0 spiro atoms. The maximum atomic E-state index is 13.4. The molecule has 4 aliphatic carbocycles. The van der Waals surface area contributed by atoms with Gasteiger partial charge in [-0.1, -0.05) is 30.3 Å². The first-order valence-electron chi connectivity index (χ1n) is 11.1. The predicted molar refractivity (Wildman–Crippen MR) is 107 cm³/mol. The third kappa shape index (κ3) is 2.87. The van der Waals surface area contributed by atoms with E-state index in [0.717, 1.165) is 45.2 Å². The Labute approximate surface area is 167 Å². The van der Waals surface area contributed by atoms with E-state index in [-0.39, 0.29) is 22.7 Å². The molecule has 1 saturated heterocycles. The third-order valence-electron chi connectivity index (χ3n) is 7.93. The Bertz CT molecular complexity index is 753. The summed E-state index contributed by atoms with van der Waals surface area (Å²) < 4.78 is 5.86. The Hall–Kier alpha value is -1.84. The highest BCUT2D eigenvalue weighted by Crippen LogP contribution is 2.66. The summed E-state index contributed by atoms with van der Waals surface area (Å²) in [5.41, 5.74) is 1.12. The molecule has 0 aromatic heterocycles. The Morgan fingerprint density at radius 2 is 1.68 bits per heavy atom. The second kappa shape index (κ2) is 6.60. The Morgan fingerprint density at radius 1 is 1.04 bits per heavy atom. The van der Waals surface area contributed by atoms with Crippen LogP contribution in [0.4, 0.5) is 0 Å². The van der Waals surface area contributed by atoms with E-state index in [9.17, 15) is 9.59 Å². The van der Waals surface area contributed by atoms with Crippen LogP contribution in [0.25, 0.3) is 0 Å². The lowest BCUT2D eigenvalue weighted by Gasteiger charge is -2.61. The minimum Gasteiger partial charge on any atom is -0.452 e. The highest BCUT2D eigenvalue weighted by atomic mass is 16.5. The van der Waals surface area contributed by atoms with Crippen molar-refractivity contribution in [3.05, 3.63) is 35.9 Å². The lowest BCUT2D eigenvalue weighted by molar-refractivity contribution is -0.182. The van der Waals surface area contributed by atoms with Crippen LogP contribution in [0.1, 0.15) is 63.9 Å². The van der Waals surface area contributed by atoms with Crippen LogP contribution >= 0.6 is 0 Å². The van der Waals surface area contributed by atoms with Gasteiger partial charge in [-0.05, 0) is 81.1 Å². The van der Waals surface area contributed by atoms with Gasteiger partial charge >= 0.3 is 5.97 Å². The highest BCUT2D eigenvalue weighted by molar-refractivity contribution is 5.85. The second-order valence-electron chi connectivity index (χ2n) is 9.97. The molecule has 1 aromatic rings. The van der Waals surface area contributed by atoms with Gasteiger partial charge in [0.25, 0.3) is 5.91 Å². The van der Waals surface area contributed by atoms with Crippen molar-refractivity contribution < 1.29 is 14.3 Å². The minimum absolute atomic E-state index is 0.0200. The molecule has 0 N–H and O–H groups in total. The molecular weight excluding hydrogens is 350 g/mol. The Kier molecular flexibility index (Phi) is 4.29. The van der Waals surface area contributed by atoms with E-state index in [1.165, 1.54) is 24.8 Å². The summed E-state index contributed by atoms with van der Waals surface area (Å²) >= 11 is 0. The molecule has 0 radical (unpaired) electrons. The number of esters is 1. The standard InChI is InChI=1S/C24H31NO3/c1-17(21(26)25-9-5-6-10-25)28-22(27)24-14-18-11-19(15-24)13-23(12-18,16-24)20-7-3-2-4-8-20/h2-4,7-8,17-19H,5-6,9-16H2,1H3/t17-,18-,19+,23?,24?/m1/s1. The van der Waals surface area contributed by atoms with E-state index in [0.29, 0.717) is 11.8 Å². The summed E-state index contributed by atoms with van der Waals surface area (Å²) in [4.78, 5) is 27.9. The molecule has 5 fully saturated rings. The van der Waals surface area contributed by atoms with E-state index in [1.54, 1.807) is 6.92 Å². The van der Waals surface area contributed by atoms with E-state index >= 15 is 0 Å². The summed E-state index contributed by atoms with van der Waals surface area (Å²) in [5.74, 6) is 1.09. The maximum absolute atomic E-state index is 13.4. The molecule has 5 atom stereocenters. The lowest BCUT2D eigenvalue weighted by Crippen LogP contribution is -2.57. The van der Waals surface area contributed by atoms with Gasteiger partial charge in [-0.25, -0.2) is 0 Å². The molecule has 4 bridgehead atoms. The van der Waals surface area contributed by atoms with E-state index in [1.807, 2.05) is 4.90 Å². The van der Waals surface area contributed by atoms with Crippen molar-refractivity contribution in [2.24, 2.45) is 17.3 Å². The first-order valence-corrected chi connectivity index (χ1v) is 11.1. The topological polar surface area (TPSA) is 46.6 Å². The number of rotatable bonds is 4. The zero-order chi connectivity index (χ0) is 19.4. The number of carbonyl (C=O) groups is 2. The first kappa shape index (κ1) is 18.2. The van der Waals surface area contributed by atoms with E-state index in [4.69, 9.17) is 4.74 Å². The number of carbonyl (C=O) groups excluding carboxylic acids is 2. The van der Waals surface area contributed by atoms with Crippen molar-refractivity contribution >= 4 is 11.9 Å². The van der Waals surface area contributed by atoms with Gasteiger partial charge in [0, 0.05) is 13.1 Å². The fourth-order valence-electron chi connectivity index (χ4n) is 7.16. The minimum atomic E-state index is -0.661. The number of amides is 1. The van der Waals surface area contributed by atoms with Crippen molar-refractivity contribution in [2.45, 2.75) is 69.8 Å². The third-order valence-corrected chi connectivity index (χ3v) is 7.93. The summed E-state index contributed by atoms with van der Waals surface area (Å²) in [6.07, 6.45) is 7.88. The van der Waals surface area contributed by atoms with Gasteiger partial charge in [0.15, 0.2) is 6.10 Å². The summed E-state index contributed by atoms with van der Waals surface area (Å²) in [6, 6.07) is 10.8. The van der Waals surface area contributed by atoms with Gasteiger partial charge in [-0.2, -0.15) is 0 Å². The van der Waals surface area contributed by atoms with Crippen LogP contribution in [-0.4, -0.2) is 36.0 Å². The average molecular weight is 382 g/mol. The van der Waals surface area contributed by atoms with Gasteiger partial charge in [0.2, 0.25) is 0 Å². The van der Waals surface area contributed by atoms with Crippen molar-refractivity contribution in [3.8, 4) is 0 Å². The molecule has 6 rings (SSSR count). The van der Waals surface area contributed by atoms with Crippen LogP contribution in [0.5, 0.6) is 0 Å². The van der Waals surface area contributed by atoms with Crippen LogP contribution < -0.4 is 0 Å². The number of likely N-dealkylation sites (tertiary alicyclic amines) is 1. The Morgan fingerprint density at radius 3 is 2.32 bits per heavy atom. The summed E-state index contributed by atoms with van der Waals surface area (Å²) in [5, 5.41) is 0. The van der Waals surface area contributed by atoms with Crippen molar-refractivity contribution in [2.75, 3.05) is 13.1 Å². The zero-order valence-corrected chi connectivity index (χ0v) is 16.9. The molecule has 1 aromatic carbocycles. The van der Waals surface area contributed by atoms with Gasteiger partial charge in [0.05, 0.1) is 5.41 Å². The van der Waals surface area contributed by atoms with Crippen LogP contribution in [0.3, 0.4) is 0 Å². The zero-order valence-electron chi connectivity index (χ0n) is 16.9. The summed E-state index contributed by atoms with van der Waals surface area (Å²) in [7, 11) is 0. The normalized spacial score (nSPS) is 37.1. The van der Waals surface area contributed by atoms with Gasteiger partial charge in [0.1, 0.15) is 0 Å². The lowest BCUT2D eigenvalue weighted by atomic mass is 9.43. The van der Waals surface area contributed by atoms with Gasteiger partial charge in [-0.3, -0.25) is 9.59 Å². The van der Waals surface area contributed by atoms with Crippen LogP contribution in [0.15, 0.2) is 30.3 Å². The molecular formula is C24H31NO3. The van der Waals surface area contributed by atoms with Crippen LogP contribution in [-0.2, 0) is 19.7 Å². The van der Waals surface area contributed by atoms with E-state index in [2.05, 4.69) is 30.3 Å². The SMILES string of the molecule is C[C@@H](OC(=O)C12C[C@H]3C[C@@H](C1)CC(c1ccccc1)(C3)C2)C(=O)N1CCCC1. The van der Waals surface area contributed by atoms with E-state index < -0.39 is 6.10 Å². The molecule has 5 aliphatic rings. The molecule has 4 nitrogen and oxygen atoms in total. The number of nitrogens with zero attached hydrogens (tertiary/aromatic N) is 1. The molecule has 1 aliphatic heterocycles. The van der Waals surface area contributed by atoms with Crippen LogP contribution in [0, 0.1) is 17.3 Å². The quantitative estimate of drug-likeness (QED) is 0.739. The smallest absolute Gasteiger partial charge is 0.312 e. The predicted octanol–water partition coefficient (Wildman–Crippen LogP) is 4.08. The monoisotopic (exact) mass is 381 g/mol. The number of hydrogen-bond donors (Lipinski definition) is 0. The molecule has 1 amide bonds. The fraction of sp³-hybridized carbons (Fsp3) is 0.667. The molecule has 2 unspecified atom stereocenters. The molecule has 4 heteroatoms. The maximum Gasteiger partial charge on any atom is 0.312 e. The fourth-order valence-corrected chi connectivity index (χ4v) is 7.16. The molecule has 150 valence electrons. The number of ether oxygens (including phenoxy) is 1. The molecule has 1 heterocycles. The molecule has 4 saturated carbocycles. The number of hydrogen-bond acceptors (Lipinski definition) is 3. The van der Waals surface area contributed by atoms with Crippen molar-refractivity contribution in [1.29, 1.82) is 0 Å². The van der Waals surface area contributed by atoms with Crippen molar-refractivity contribution in [1.82, 2.24) is 4.90 Å². The van der Waals surface area contributed by atoms with Crippen LogP contribution in [0.2, 0.25) is 0 Å². The first-order chi connectivity index (χ1) is 13.5. The second-order valence-corrected chi connectivity index (χ2v) is 9.97. The Balaban J connectivity index is 1.37. The largest absolute Gasteiger partial charge is 0.452 e. The van der Waals surface area contributed by atoms with Crippen molar-refractivity contribution in [3.63, 3.8) is 0 Å². The summed E-state index contributed by atoms with van der Waals surface area (Å²) in [6.45, 7) is 3.35. The van der Waals surface area contributed by atoms with Gasteiger partial charge in [-0.15, -0.1) is 0 Å². The highest BCUT2D eigenvalue weighted by Gasteiger charge is 2.61. The number of benzene rings is 1. The molecule has 28 heavy (non-hydrogen) atoms. The average Bonchev–Trinajstić information content (AvgIpc) is 3.22.